The second-order valence-corrected chi connectivity index (χ2v) is 2.41. The largest absolute Gasteiger partial charge is 0.289 e. The summed E-state index contributed by atoms with van der Waals surface area (Å²) >= 11 is 0. The van der Waals surface area contributed by atoms with E-state index in [9.17, 15) is 4.79 Å². The van der Waals surface area contributed by atoms with Crippen molar-refractivity contribution in [1.82, 2.24) is 10.2 Å². The number of aromatic nitrogens is 2. The topological polar surface area (TPSA) is 42.9 Å². The molecule has 0 aromatic carbocycles. The first-order valence-electron chi connectivity index (χ1n) is 3.59. The second-order valence-electron chi connectivity index (χ2n) is 2.41. The van der Waals surface area contributed by atoms with Crippen LogP contribution < -0.4 is 5.43 Å². The maximum absolute atomic E-state index is 11.2. The van der Waals surface area contributed by atoms with Gasteiger partial charge in [-0.1, -0.05) is 6.07 Å². The Morgan fingerprint density at radius 2 is 1.92 bits per heavy atom. The zero-order valence-electron chi connectivity index (χ0n) is 6.68. The van der Waals surface area contributed by atoms with Crippen LogP contribution in [0.25, 0.3) is 11.3 Å². The molecule has 0 fully saturated rings. The van der Waals surface area contributed by atoms with Gasteiger partial charge in [-0.3, -0.25) is 4.79 Å². The lowest BCUT2D eigenvalue weighted by Crippen LogP contribution is -2.02. The van der Waals surface area contributed by atoms with Crippen LogP contribution in [-0.4, -0.2) is 10.2 Å². The molecule has 0 spiro atoms. The molecule has 0 N–H and O–H groups in total. The fraction of sp³-hybridized carbons (Fsp3) is 0. The van der Waals surface area contributed by atoms with Crippen molar-refractivity contribution in [2.24, 2.45) is 0 Å². The third kappa shape index (κ3) is 1.89. The van der Waals surface area contributed by atoms with E-state index in [2.05, 4.69) is 10.2 Å². The molecule has 0 atom stereocenters. The van der Waals surface area contributed by atoms with Gasteiger partial charge in [0.25, 0.3) is 0 Å². The van der Waals surface area contributed by atoms with Crippen LogP contribution in [0.5, 0.6) is 0 Å². The molecule has 2 aliphatic rings. The van der Waals surface area contributed by atoms with Crippen molar-refractivity contribution in [3.8, 4) is 11.3 Å². The molecule has 0 saturated heterocycles. The Bertz CT molecular complexity index is 433. The first kappa shape index (κ1) is 9.80. The molecular formula is C9H7BrN2O. The molecule has 13 heavy (non-hydrogen) atoms. The predicted molar refractivity (Wildman–Crippen MR) is 55.2 cm³/mol. The third-order valence-electron chi connectivity index (χ3n) is 1.62. The minimum absolute atomic E-state index is 0. The highest BCUT2D eigenvalue weighted by Gasteiger charge is 2.02. The summed E-state index contributed by atoms with van der Waals surface area (Å²) in [6, 6.07) is 8.39. The van der Waals surface area contributed by atoms with Crippen LogP contribution in [0.3, 0.4) is 0 Å². The van der Waals surface area contributed by atoms with Crippen LogP contribution in [0.2, 0.25) is 0 Å². The molecule has 1 heterocycles. The molecule has 1 aliphatic heterocycles. The van der Waals surface area contributed by atoms with E-state index in [0.29, 0.717) is 11.3 Å². The summed E-state index contributed by atoms with van der Waals surface area (Å²) in [5, 5.41) is 7.58. The summed E-state index contributed by atoms with van der Waals surface area (Å²) in [6.07, 6.45) is 1.56. The lowest BCUT2D eigenvalue weighted by Gasteiger charge is -1.93. The number of nitrogens with zero attached hydrogens (tertiary/aromatic N) is 2. The highest BCUT2D eigenvalue weighted by atomic mass is 79.9. The number of hydrogen-bond acceptors (Lipinski definition) is 3. The lowest BCUT2D eigenvalue weighted by molar-refractivity contribution is 1.06. The van der Waals surface area contributed by atoms with Crippen LogP contribution in [-0.2, 0) is 0 Å². The van der Waals surface area contributed by atoms with Crippen molar-refractivity contribution in [3.63, 3.8) is 0 Å². The molecule has 66 valence electrons. The summed E-state index contributed by atoms with van der Waals surface area (Å²) < 4.78 is 0. The molecule has 2 rings (SSSR count). The molecule has 1 aliphatic carbocycles. The molecule has 0 unspecified atom stereocenters. The van der Waals surface area contributed by atoms with Gasteiger partial charge in [-0.2, -0.15) is 10.2 Å². The molecule has 4 heteroatoms. The Morgan fingerprint density at radius 1 is 1.08 bits per heavy atom. The lowest BCUT2D eigenvalue weighted by atomic mass is 10.1. The van der Waals surface area contributed by atoms with E-state index in [0.717, 1.165) is 0 Å². The van der Waals surface area contributed by atoms with Gasteiger partial charge >= 0.3 is 0 Å². The second kappa shape index (κ2) is 4.09. The van der Waals surface area contributed by atoms with Crippen LogP contribution in [0.15, 0.2) is 41.3 Å². The average molecular weight is 239 g/mol. The number of hydrogen-bond donors (Lipinski definition) is 0. The van der Waals surface area contributed by atoms with Gasteiger partial charge in [-0.05, 0) is 24.3 Å². The monoisotopic (exact) mass is 238 g/mol. The minimum Gasteiger partial charge on any atom is -0.289 e. The fourth-order valence-electron chi connectivity index (χ4n) is 1.06. The minimum atomic E-state index is -0.0157. The molecule has 0 aromatic rings. The van der Waals surface area contributed by atoms with E-state index in [4.69, 9.17) is 0 Å². The third-order valence-corrected chi connectivity index (χ3v) is 1.62. The van der Waals surface area contributed by atoms with E-state index in [1.807, 2.05) is 0 Å². The fourth-order valence-corrected chi connectivity index (χ4v) is 1.06. The quantitative estimate of drug-likeness (QED) is 0.699. The zero-order valence-corrected chi connectivity index (χ0v) is 8.39. The molecule has 0 bridgehead atoms. The van der Waals surface area contributed by atoms with E-state index < -0.39 is 0 Å². The van der Waals surface area contributed by atoms with Gasteiger partial charge in [0.05, 0.1) is 5.69 Å². The van der Waals surface area contributed by atoms with Gasteiger partial charge in [-0.15, -0.1) is 17.0 Å². The average Bonchev–Trinajstić information content (AvgIpc) is 2.30. The maximum atomic E-state index is 11.2. The van der Waals surface area contributed by atoms with Crippen molar-refractivity contribution in [1.29, 1.82) is 0 Å². The standard InChI is InChI=1S/C9H6N2O.BrH/c12-9-5-1-4-8-7(9)3-2-6-10-11-8;/h1-6H;1H. The van der Waals surface area contributed by atoms with Crippen LogP contribution in [0.4, 0.5) is 0 Å². The van der Waals surface area contributed by atoms with E-state index >= 15 is 0 Å². The summed E-state index contributed by atoms with van der Waals surface area (Å²) in [6.45, 7) is 0. The van der Waals surface area contributed by atoms with E-state index in [1.54, 1.807) is 30.5 Å². The molecule has 0 aromatic heterocycles. The summed E-state index contributed by atoms with van der Waals surface area (Å²) in [5.74, 6) is 0. The Morgan fingerprint density at radius 3 is 2.77 bits per heavy atom. The number of halogens is 1. The molecule has 0 saturated carbocycles. The van der Waals surface area contributed by atoms with E-state index in [1.165, 1.54) is 6.07 Å². The Hall–Kier alpha value is -1.29. The Labute approximate surface area is 85.6 Å². The molecule has 0 radical (unpaired) electrons. The van der Waals surface area contributed by atoms with Crippen molar-refractivity contribution < 1.29 is 0 Å². The predicted octanol–water partition coefficient (Wildman–Crippen LogP) is 1.52. The SMILES string of the molecule is Br.O=c1cccc2nncccc1-2. The summed E-state index contributed by atoms with van der Waals surface area (Å²) in [5.41, 5.74) is 1.22. The van der Waals surface area contributed by atoms with Crippen molar-refractivity contribution in [2.75, 3.05) is 0 Å². The summed E-state index contributed by atoms with van der Waals surface area (Å²) in [7, 11) is 0. The Balaban J connectivity index is 0.000000845. The van der Waals surface area contributed by atoms with Crippen molar-refractivity contribution in [2.45, 2.75) is 0 Å². The van der Waals surface area contributed by atoms with E-state index in [-0.39, 0.29) is 22.4 Å². The van der Waals surface area contributed by atoms with Crippen LogP contribution in [0, 0.1) is 0 Å². The smallest absolute Gasteiger partial charge is 0.188 e. The van der Waals surface area contributed by atoms with Crippen LogP contribution >= 0.6 is 17.0 Å². The van der Waals surface area contributed by atoms with Crippen LogP contribution in [0.1, 0.15) is 0 Å². The van der Waals surface area contributed by atoms with Gasteiger partial charge in [0.1, 0.15) is 0 Å². The van der Waals surface area contributed by atoms with Gasteiger partial charge in [0, 0.05) is 11.8 Å². The number of rotatable bonds is 0. The highest BCUT2D eigenvalue weighted by molar-refractivity contribution is 8.93. The van der Waals surface area contributed by atoms with Gasteiger partial charge in [0.2, 0.25) is 0 Å². The normalized spacial score (nSPS) is 9.23. The number of benzene rings is 1. The van der Waals surface area contributed by atoms with Gasteiger partial charge in [-0.25, -0.2) is 0 Å². The first-order valence-corrected chi connectivity index (χ1v) is 3.59. The maximum Gasteiger partial charge on any atom is 0.188 e. The van der Waals surface area contributed by atoms with Gasteiger partial charge in [0.15, 0.2) is 5.43 Å². The first-order chi connectivity index (χ1) is 5.88. The summed E-state index contributed by atoms with van der Waals surface area (Å²) in [4.78, 5) is 11.2. The van der Waals surface area contributed by atoms with Crippen molar-refractivity contribution in [3.05, 3.63) is 46.8 Å². The Kier molecular flexibility index (Phi) is 3.08. The highest BCUT2D eigenvalue weighted by Crippen LogP contribution is 2.09. The molecular weight excluding hydrogens is 232 g/mol. The van der Waals surface area contributed by atoms with Gasteiger partial charge < -0.3 is 0 Å². The molecule has 3 nitrogen and oxygen atoms in total. The molecule has 0 amide bonds. The zero-order chi connectivity index (χ0) is 8.39. The number of fused-ring (bicyclic) bond motifs is 1. The van der Waals surface area contributed by atoms with Crippen molar-refractivity contribution >= 4 is 17.0 Å².